The molecule has 0 aliphatic carbocycles. The summed E-state index contributed by atoms with van der Waals surface area (Å²) in [5, 5.41) is 12.6. The second-order valence-electron chi connectivity index (χ2n) is 25.9. The lowest BCUT2D eigenvalue weighted by Gasteiger charge is -2.28. The number of likely N-dealkylation sites (tertiary alicyclic amines) is 2. The summed E-state index contributed by atoms with van der Waals surface area (Å²) in [6.45, 7) is 16.0. The lowest BCUT2D eigenvalue weighted by molar-refractivity contribution is 0.0179. The van der Waals surface area contributed by atoms with Gasteiger partial charge in [0.15, 0.2) is 0 Å². The van der Waals surface area contributed by atoms with Gasteiger partial charge in [0.1, 0.15) is 41.7 Å². The monoisotopic (exact) mass is 1370 g/mol. The highest BCUT2D eigenvalue weighted by molar-refractivity contribution is 7.86. The first-order chi connectivity index (χ1) is 46.2. The Bertz CT molecular complexity index is 4090. The zero-order valence-electron chi connectivity index (χ0n) is 55.5. The first-order valence-corrected chi connectivity index (χ1v) is 33.5. The molecule has 0 bridgehead atoms. The van der Waals surface area contributed by atoms with Gasteiger partial charge in [0, 0.05) is 19.1 Å². The Morgan fingerprint density at radius 3 is 1.16 bits per heavy atom. The number of aryl methyl sites for hydroxylation is 1. The van der Waals surface area contributed by atoms with Gasteiger partial charge in [-0.25, -0.2) is 24.3 Å². The van der Waals surface area contributed by atoms with Crippen LogP contribution in [-0.2, 0) is 23.8 Å². The first kappa shape index (κ1) is 72.3. The second kappa shape index (κ2) is 31.1. The normalized spacial score (nSPS) is 17.7. The molecule has 3 atom stereocenters. The lowest BCUT2D eigenvalue weighted by Crippen LogP contribution is -2.42. The minimum absolute atomic E-state index is 0. The number of rotatable bonds is 13. The number of hydrogen-bond donors (Lipinski definition) is 2. The molecule has 98 heavy (non-hydrogen) atoms. The molecule has 7 aromatic rings. The Morgan fingerprint density at radius 2 is 0.816 bits per heavy atom. The van der Waals surface area contributed by atoms with Crippen LogP contribution in [0, 0.1) is 6.92 Å². The van der Waals surface area contributed by atoms with Crippen molar-refractivity contribution in [2.75, 3.05) is 54.2 Å². The van der Waals surface area contributed by atoms with Crippen molar-refractivity contribution in [3.8, 4) is 17.2 Å². The Morgan fingerprint density at radius 1 is 0.469 bits per heavy atom. The molecule has 2 N–H and O–H groups in total. The third-order valence-electron chi connectivity index (χ3n) is 16.5. The molecular formula is C74H79ClN6O16S. The van der Waals surface area contributed by atoms with Gasteiger partial charge < -0.3 is 39.2 Å². The number of imide groups is 3. The van der Waals surface area contributed by atoms with E-state index in [0.29, 0.717) is 95.0 Å². The molecule has 24 heteroatoms. The van der Waals surface area contributed by atoms with Crippen molar-refractivity contribution in [1.29, 1.82) is 0 Å². The Hall–Kier alpha value is -9.94. The molecule has 0 unspecified atom stereocenters. The maximum atomic E-state index is 12.6. The zero-order valence-corrected chi connectivity index (χ0v) is 57.1. The SMILES string of the molecule is CC(C)(C)OC(=O)N1CCC[C@@H]1COc1ccc(N2C(=O)c3ccccc3C2=O)cc1.Cc1ccc(S(=O)(=O)OC[C@H]2CCCN2C(=O)OC(C)(C)C)cc1.Cl.O=C1c2ccccc2C(=O)N1c1ccc(O)cc1.O=C1c2ccccc2C(=O)N1c1ccc(OC[C@H]2CCCN2)cc1. The Kier molecular flexibility index (Phi) is 22.9. The number of nitrogens with zero attached hydrogens (tertiary/aromatic N) is 5. The van der Waals surface area contributed by atoms with Gasteiger partial charge in [-0.2, -0.15) is 8.42 Å². The summed E-state index contributed by atoms with van der Waals surface area (Å²) in [7, 11) is -3.83. The number of carbonyl (C=O) groups excluding carboxylic acids is 8. The van der Waals surface area contributed by atoms with Crippen LogP contribution >= 0.6 is 12.4 Å². The number of carbonyl (C=O) groups is 8. The van der Waals surface area contributed by atoms with Gasteiger partial charge in [-0.15, -0.1) is 12.4 Å². The molecule has 7 aromatic carbocycles. The van der Waals surface area contributed by atoms with Crippen LogP contribution in [0.4, 0.5) is 26.7 Å². The number of anilines is 3. The smallest absolute Gasteiger partial charge is 0.410 e. The molecule has 8 amide bonds. The Labute approximate surface area is 575 Å². The molecule has 3 fully saturated rings. The van der Waals surface area contributed by atoms with Crippen molar-refractivity contribution in [3.63, 3.8) is 0 Å². The number of fused-ring (bicyclic) bond motifs is 3. The van der Waals surface area contributed by atoms with Crippen LogP contribution in [0.15, 0.2) is 175 Å². The molecule has 0 saturated carbocycles. The van der Waals surface area contributed by atoms with Gasteiger partial charge in [-0.3, -0.25) is 33.0 Å². The van der Waals surface area contributed by atoms with Crippen molar-refractivity contribution in [3.05, 3.63) is 209 Å². The van der Waals surface area contributed by atoms with E-state index in [9.17, 15) is 51.9 Å². The van der Waals surface area contributed by atoms with Crippen LogP contribution in [0.2, 0.25) is 0 Å². The van der Waals surface area contributed by atoms with Gasteiger partial charge in [0.2, 0.25) is 0 Å². The number of nitrogens with one attached hydrogen (secondary N) is 1. The van der Waals surface area contributed by atoms with Crippen molar-refractivity contribution in [1.82, 2.24) is 15.1 Å². The average Bonchev–Trinajstić information content (AvgIpc) is 1.63. The quantitative estimate of drug-likeness (QED) is 0.0802. The third-order valence-corrected chi connectivity index (χ3v) is 17.8. The second-order valence-corrected chi connectivity index (χ2v) is 27.5. The van der Waals surface area contributed by atoms with Crippen LogP contribution in [0.1, 0.15) is 148 Å². The van der Waals surface area contributed by atoms with Gasteiger partial charge >= 0.3 is 12.2 Å². The molecule has 6 aliphatic heterocycles. The molecule has 0 aromatic heterocycles. The van der Waals surface area contributed by atoms with Crippen LogP contribution in [0.3, 0.4) is 0 Å². The van der Waals surface area contributed by atoms with Crippen LogP contribution in [0.5, 0.6) is 17.2 Å². The molecule has 6 aliphatic rings. The van der Waals surface area contributed by atoms with Crippen LogP contribution in [0.25, 0.3) is 0 Å². The number of halogens is 1. The summed E-state index contributed by atoms with van der Waals surface area (Å²) < 4.78 is 52.2. The fourth-order valence-electron chi connectivity index (χ4n) is 11.6. The van der Waals surface area contributed by atoms with E-state index in [1.54, 1.807) is 164 Å². The molecular weight excluding hydrogens is 1300 g/mol. The van der Waals surface area contributed by atoms with Gasteiger partial charge in [-0.05, 0) is 215 Å². The lowest BCUT2D eigenvalue weighted by atomic mass is 10.1. The predicted octanol–water partition coefficient (Wildman–Crippen LogP) is 12.6. The number of phenolic OH excluding ortho intramolecular Hbond substituents is 1. The summed E-state index contributed by atoms with van der Waals surface area (Å²) in [6, 6.07) is 46.9. The highest BCUT2D eigenvalue weighted by Gasteiger charge is 2.40. The maximum absolute atomic E-state index is 12.6. The fraction of sp³-hybridized carbons (Fsp3) is 0.324. The largest absolute Gasteiger partial charge is 0.508 e. The zero-order chi connectivity index (χ0) is 69.3. The van der Waals surface area contributed by atoms with E-state index in [1.165, 1.54) is 52.6 Å². The maximum Gasteiger partial charge on any atom is 0.410 e. The predicted molar refractivity (Wildman–Crippen MR) is 369 cm³/mol. The molecule has 6 heterocycles. The van der Waals surface area contributed by atoms with E-state index in [0.717, 1.165) is 48.4 Å². The van der Waals surface area contributed by atoms with Crippen molar-refractivity contribution >= 4 is 87.2 Å². The number of phenols is 1. The molecule has 22 nitrogen and oxygen atoms in total. The summed E-state index contributed by atoms with van der Waals surface area (Å²) in [4.78, 5) is 106. The fourth-order valence-corrected chi connectivity index (χ4v) is 12.6. The van der Waals surface area contributed by atoms with Crippen LogP contribution in [-0.4, -0.2) is 140 Å². The number of amides is 8. The van der Waals surface area contributed by atoms with Gasteiger partial charge in [0.25, 0.3) is 45.6 Å². The van der Waals surface area contributed by atoms with Gasteiger partial charge in [-0.1, -0.05) is 54.1 Å². The number of ether oxygens (including phenoxy) is 4. The minimum Gasteiger partial charge on any atom is -0.508 e. The third kappa shape index (κ3) is 17.2. The highest BCUT2D eigenvalue weighted by atomic mass is 35.5. The molecule has 514 valence electrons. The van der Waals surface area contributed by atoms with Crippen molar-refractivity contribution < 1.29 is 75.0 Å². The highest BCUT2D eigenvalue weighted by Crippen LogP contribution is 2.34. The topological polar surface area (TPSA) is 265 Å². The van der Waals surface area contributed by atoms with Crippen molar-refractivity contribution in [2.45, 2.75) is 121 Å². The van der Waals surface area contributed by atoms with Crippen LogP contribution < -0.4 is 29.5 Å². The molecule has 0 radical (unpaired) electrons. The van der Waals surface area contributed by atoms with Crippen molar-refractivity contribution in [2.24, 2.45) is 0 Å². The van der Waals surface area contributed by atoms with E-state index in [1.807, 2.05) is 27.7 Å². The first-order valence-electron chi connectivity index (χ1n) is 32.1. The van der Waals surface area contributed by atoms with E-state index in [4.69, 9.17) is 23.1 Å². The average molecular weight is 1380 g/mol. The number of hydrogen-bond acceptors (Lipinski definition) is 17. The Balaban J connectivity index is 0.000000155. The van der Waals surface area contributed by atoms with E-state index < -0.39 is 27.4 Å². The summed E-state index contributed by atoms with van der Waals surface area (Å²) in [5.41, 5.74) is 3.93. The minimum atomic E-state index is -3.83. The molecule has 3 saturated heterocycles. The standard InChI is InChI=1S/C24H26N2O5.C19H18N2O3.C17H25NO5S.C14H9NO3.ClH/c1-24(2,3)31-23(29)25-14-6-7-17(25)15-30-18-12-10-16(11-13-18)26-21(27)19-8-4-5-9-20(19)22(26)28;22-18-16-5-1-2-6-17(16)19(23)21(18)14-7-9-15(10-8-14)24-12-13-4-3-11-20-13;1-13-7-9-15(10-8-13)24(20,21)22-12-14-6-5-11-18(14)16(19)23-17(2,3)4;16-10-7-5-9(6-8-10)15-13(17)11-3-1-2-4-12(11)14(15)18;/h4-5,8-13,17H,6-7,14-15H2,1-3H3;1-2,5-10,13,20H,3-4,11-12H2;7-10,14H,5-6,11-12H2,1-4H3;1-8,16H;1H/t17-;13-;14-;;/m111../s1. The molecule has 13 rings (SSSR count). The summed E-state index contributed by atoms with van der Waals surface area (Å²) in [6.07, 6.45) is 4.83. The van der Waals surface area contributed by atoms with Gasteiger partial charge in [0.05, 0.1) is 74.0 Å². The number of aromatic hydroxyl groups is 1. The summed E-state index contributed by atoms with van der Waals surface area (Å²) >= 11 is 0. The summed E-state index contributed by atoms with van der Waals surface area (Å²) in [5.74, 6) is -0.432. The van der Waals surface area contributed by atoms with E-state index in [-0.39, 0.29) is 83.3 Å². The van der Waals surface area contributed by atoms with E-state index >= 15 is 0 Å². The molecule has 0 spiro atoms. The number of benzene rings is 7. The van der Waals surface area contributed by atoms with E-state index in [2.05, 4.69) is 5.32 Å².